The number of benzene rings is 3. The molecule has 0 saturated carbocycles. The minimum atomic E-state index is -0.199. The second-order valence-corrected chi connectivity index (χ2v) is 11.7. The number of carbonyl (C=O) groups is 1. The third-order valence-corrected chi connectivity index (χ3v) is 8.24. The van der Waals surface area contributed by atoms with E-state index in [4.69, 9.17) is 4.74 Å². The van der Waals surface area contributed by atoms with Gasteiger partial charge in [0.15, 0.2) is 0 Å². The van der Waals surface area contributed by atoms with E-state index in [1.807, 2.05) is 30.9 Å². The number of rotatable bonds is 8. The van der Waals surface area contributed by atoms with Gasteiger partial charge in [-0.05, 0) is 63.4 Å². The number of fused-ring (bicyclic) bond motifs is 1. The highest BCUT2D eigenvalue weighted by Gasteiger charge is 2.36. The molecule has 0 aliphatic carbocycles. The Labute approximate surface area is 234 Å². The van der Waals surface area contributed by atoms with E-state index in [1.54, 1.807) is 0 Å². The van der Waals surface area contributed by atoms with Crippen LogP contribution in [0, 0.1) is 6.92 Å². The quantitative estimate of drug-likeness (QED) is 0.356. The van der Waals surface area contributed by atoms with Gasteiger partial charge in [0.25, 0.3) is 5.91 Å². The molecule has 2 heterocycles. The van der Waals surface area contributed by atoms with Crippen LogP contribution in [0.5, 0.6) is 5.75 Å². The summed E-state index contributed by atoms with van der Waals surface area (Å²) in [5, 5.41) is 0. The van der Waals surface area contributed by atoms with E-state index in [9.17, 15) is 4.79 Å². The predicted octanol–water partition coefficient (Wildman–Crippen LogP) is 6.10. The molecule has 0 N–H and O–H groups in total. The van der Waals surface area contributed by atoms with Gasteiger partial charge in [-0.3, -0.25) is 14.6 Å². The fourth-order valence-electron chi connectivity index (χ4n) is 6.07. The van der Waals surface area contributed by atoms with E-state index in [2.05, 4.69) is 85.2 Å². The molecule has 1 fully saturated rings. The predicted molar refractivity (Wildman–Crippen MR) is 158 cm³/mol. The first kappa shape index (κ1) is 27.4. The number of nitrogens with zero attached hydrogens (tertiary/aromatic N) is 3. The van der Waals surface area contributed by atoms with Crippen LogP contribution in [0.15, 0.2) is 66.7 Å². The van der Waals surface area contributed by atoms with E-state index in [1.165, 1.54) is 27.8 Å². The third kappa shape index (κ3) is 6.05. The largest absolute Gasteiger partial charge is 0.487 e. The van der Waals surface area contributed by atoms with Gasteiger partial charge < -0.3 is 9.64 Å². The van der Waals surface area contributed by atoms with Crippen LogP contribution < -0.4 is 4.74 Å². The van der Waals surface area contributed by atoms with E-state index >= 15 is 0 Å². The van der Waals surface area contributed by atoms with E-state index in [0.29, 0.717) is 0 Å². The third-order valence-electron chi connectivity index (χ3n) is 8.24. The molecule has 2 aliphatic heterocycles. The number of amides is 1. The standard InChI is InChI=1S/C34H43N3O2/c1-6-36(7-2)33(38)28-17-15-27(16-18-28)31(30-10-8-9-29-23-34(4,5)39-32(29)30)37-21-19-35(20-22-37)24-26-13-11-25(3)12-14-26/h8-18,31H,6-7,19-24H2,1-5H3. The smallest absolute Gasteiger partial charge is 0.253 e. The van der Waals surface area contributed by atoms with Crippen molar-refractivity contribution in [2.24, 2.45) is 0 Å². The van der Waals surface area contributed by atoms with Gasteiger partial charge in [-0.1, -0.05) is 60.2 Å². The minimum Gasteiger partial charge on any atom is -0.487 e. The zero-order valence-electron chi connectivity index (χ0n) is 24.2. The fraction of sp³-hybridized carbons (Fsp3) is 0.441. The first-order chi connectivity index (χ1) is 18.8. The lowest BCUT2D eigenvalue weighted by atomic mass is 9.92. The van der Waals surface area contributed by atoms with E-state index in [-0.39, 0.29) is 17.6 Å². The average Bonchev–Trinajstić information content (AvgIpc) is 3.26. The van der Waals surface area contributed by atoms with Crippen molar-refractivity contribution in [1.29, 1.82) is 0 Å². The lowest BCUT2D eigenvalue weighted by molar-refractivity contribution is 0.0772. The van der Waals surface area contributed by atoms with Crippen LogP contribution in [0.1, 0.15) is 71.9 Å². The molecule has 5 rings (SSSR count). The van der Waals surface area contributed by atoms with Crippen LogP contribution in [0.2, 0.25) is 0 Å². The van der Waals surface area contributed by atoms with Gasteiger partial charge in [0.2, 0.25) is 0 Å². The van der Waals surface area contributed by atoms with Gasteiger partial charge in [-0.15, -0.1) is 0 Å². The van der Waals surface area contributed by atoms with Gasteiger partial charge in [0, 0.05) is 63.4 Å². The van der Waals surface area contributed by atoms with Crippen molar-refractivity contribution < 1.29 is 9.53 Å². The molecule has 3 aromatic rings. The van der Waals surface area contributed by atoms with Gasteiger partial charge in [0.1, 0.15) is 11.4 Å². The Bertz CT molecular complexity index is 1270. The lowest BCUT2D eigenvalue weighted by Crippen LogP contribution is -2.47. The molecule has 0 radical (unpaired) electrons. The van der Waals surface area contributed by atoms with E-state index < -0.39 is 0 Å². The van der Waals surface area contributed by atoms with Crippen LogP contribution in [0.4, 0.5) is 0 Å². The number of hydrogen-bond acceptors (Lipinski definition) is 4. The number of hydrogen-bond donors (Lipinski definition) is 0. The molecule has 3 aromatic carbocycles. The summed E-state index contributed by atoms with van der Waals surface area (Å²) < 4.78 is 6.55. The van der Waals surface area contributed by atoms with Gasteiger partial charge in [-0.25, -0.2) is 0 Å². The van der Waals surface area contributed by atoms with Crippen LogP contribution in [0.3, 0.4) is 0 Å². The van der Waals surface area contributed by atoms with Crippen molar-refractivity contribution >= 4 is 5.91 Å². The van der Waals surface area contributed by atoms with Crippen molar-refractivity contribution in [3.05, 3.63) is 100 Å². The summed E-state index contributed by atoms with van der Waals surface area (Å²) in [6.07, 6.45) is 0.921. The first-order valence-corrected chi connectivity index (χ1v) is 14.5. The highest BCUT2D eigenvalue weighted by Crippen LogP contribution is 2.43. The molecule has 0 bridgehead atoms. The number of para-hydroxylation sites is 1. The number of ether oxygens (including phenoxy) is 1. The molecule has 1 atom stereocenters. The Morgan fingerprint density at radius 3 is 2.23 bits per heavy atom. The number of carbonyl (C=O) groups excluding carboxylic acids is 1. The maximum Gasteiger partial charge on any atom is 0.253 e. The highest BCUT2D eigenvalue weighted by molar-refractivity contribution is 5.94. The summed E-state index contributed by atoms with van der Waals surface area (Å²) in [5.41, 5.74) is 6.95. The summed E-state index contributed by atoms with van der Waals surface area (Å²) in [5.74, 6) is 1.14. The molecule has 1 saturated heterocycles. The first-order valence-electron chi connectivity index (χ1n) is 14.5. The molecule has 2 aliphatic rings. The Hall–Kier alpha value is -3.15. The molecule has 5 heteroatoms. The van der Waals surface area contributed by atoms with Crippen molar-refractivity contribution in [1.82, 2.24) is 14.7 Å². The molecule has 5 nitrogen and oxygen atoms in total. The summed E-state index contributed by atoms with van der Waals surface area (Å²) in [6.45, 7) is 16.9. The zero-order valence-corrected chi connectivity index (χ0v) is 24.2. The minimum absolute atomic E-state index is 0.0768. The second-order valence-electron chi connectivity index (χ2n) is 11.7. The van der Waals surface area contributed by atoms with Crippen molar-refractivity contribution in [2.75, 3.05) is 39.3 Å². The average molecular weight is 526 g/mol. The Kier molecular flexibility index (Phi) is 8.11. The fourth-order valence-corrected chi connectivity index (χ4v) is 6.07. The zero-order chi connectivity index (χ0) is 27.6. The topological polar surface area (TPSA) is 36.0 Å². The summed E-state index contributed by atoms with van der Waals surface area (Å²) in [7, 11) is 0. The van der Waals surface area contributed by atoms with Gasteiger partial charge >= 0.3 is 0 Å². The van der Waals surface area contributed by atoms with Crippen LogP contribution >= 0.6 is 0 Å². The maximum atomic E-state index is 13.0. The van der Waals surface area contributed by atoms with Gasteiger partial charge in [0.05, 0.1) is 6.04 Å². The SMILES string of the molecule is CCN(CC)C(=O)c1ccc(C(c2cccc3c2OC(C)(C)C3)N2CCN(Cc3ccc(C)cc3)CC2)cc1. The molecular formula is C34H43N3O2. The number of aryl methyl sites for hydroxylation is 1. The van der Waals surface area contributed by atoms with Gasteiger partial charge in [-0.2, -0.15) is 0 Å². The molecular weight excluding hydrogens is 482 g/mol. The Morgan fingerprint density at radius 1 is 0.923 bits per heavy atom. The normalized spacial score (nSPS) is 17.9. The Balaban J connectivity index is 1.42. The lowest BCUT2D eigenvalue weighted by Gasteiger charge is -2.40. The maximum absolute atomic E-state index is 13.0. The molecule has 1 amide bonds. The van der Waals surface area contributed by atoms with Crippen molar-refractivity contribution in [3.63, 3.8) is 0 Å². The molecule has 0 aromatic heterocycles. The Morgan fingerprint density at radius 2 is 1.59 bits per heavy atom. The summed E-state index contributed by atoms with van der Waals surface area (Å²) in [4.78, 5) is 20.0. The van der Waals surface area contributed by atoms with E-state index in [0.717, 1.165) is 63.5 Å². The van der Waals surface area contributed by atoms with Crippen LogP contribution in [-0.4, -0.2) is 65.5 Å². The van der Waals surface area contributed by atoms with Crippen LogP contribution in [0.25, 0.3) is 0 Å². The van der Waals surface area contributed by atoms with Crippen LogP contribution in [-0.2, 0) is 13.0 Å². The molecule has 1 unspecified atom stereocenters. The molecule has 0 spiro atoms. The monoisotopic (exact) mass is 525 g/mol. The number of piperazine rings is 1. The second kappa shape index (κ2) is 11.5. The summed E-state index contributed by atoms with van der Waals surface area (Å²) >= 11 is 0. The molecule has 206 valence electrons. The molecule has 39 heavy (non-hydrogen) atoms. The van der Waals surface area contributed by atoms with Crippen molar-refractivity contribution in [3.8, 4) is 5.75 Å². The summed E-state index contributed by atoms with van der Waals surface area (Å²) in [6, 6.07) is 23.9. The van der Waals surface area contributed by atoms with Crippen molar-refractivity contribution in [2.45, 2.75) is 59.2 Å². The highest BCUT2D eigenvalue weighted by atomic mass is 16.5.